The molecule has 3 nitrogen and oxygen atoms in total. The predicted octanol–water partition coefficient (Wildman–Crippen LogP) is 3.41. The van der Waals surface area contributed by atoms with Crippen LogP contribution in [0.2, 0.25) is 0 Å². The maximum atomic E-state index is 5.60. The third kappa shape index (κ3) is 5.06. The highest BCUT2D eigenvalue weighted by atomic mass is 32.1. The number of nitrogens with zero attached hydrogens (tertiary/aromatic N) is 1. The first-order valence-corrected chi connectivity index (χ1v) is 9.02. The third-order valence-electron chi connectivity index (χ3n) is 4.12. The molecule has 1 N–H and O–H groups in total. The summed E-state index contributed by atoms with van der Waals surface area (Å²) in [6, 6.07) is 2.98. The Morgan fingerprint density at radius 3 is 3.00 bits per heavy atom. The molecule has 0 amide bonds. The van der Waals surface area contributed by atoms with Crippen molar-refractivity contribution in [3.63, 3.8) is 0 Å². The first kappa shape index (κ1) is 16.9. The second-order valence-corrected chi connectivity index (χ2v) is 7.77. The van der Waals surface area contributed by atoms with Crippen LogP contribution in [0, 0.1) is 12.8 Å². The second-order valence-electron chi connectivity index (χ2n) is 6.43. The number of hydrogen-bond donors (Lipinski definition) is 1. The van der Waals surface area contributed by atoms with E-state index in [1.165, 1.54) is 21.7 Å². The van der Waals surface area contributed by atoms with Crippen LogP contribution in [0.1, 0.15) is 42.5 Å². The van der Waals surface area contributed by atoms with Crippen molar-refractivity contribution in [2.24, 2.45) is 5.92 Å². The summed E-state index contributed by atoms with van der Waals surface area (Å²) >= 11 is 1.94. The standard InChI is InChI=1S/C17H30N2OS/c1-5-16-12-20-7-6-19(16)11-15-8-17(21-14(15)4)10-18-9-13(2)3/h8,13,16,18H,5-7,9-12H2,1-4H3. The van der Waals surface area contributed by atoms with E-state index in [0.717, 1.165) is 39.4 Å². The van der Waals surface area contributed by atoms with Gasteiger partial charge in [0, 0.05) is 35.4 Å². The van der Waals surface area contributed by atoms with E-state index in [1.54, 1.807) is 0 Å². The van der Waals surface area contributed by atoms with Crippen LogP contribution in [0.5, 0.6) is 0 Å². The monoisotopic (exact) mass is 310 g/mol. The lowest BCUT2D eigenvalue weighted by atomic mass is 10.1. The average molecular weight is 311 g/mol. The highest BCUT2D eigenvalue weighted by Crippen LogP contribution is 2.24. The van der Waals surface area contributed by atoms with E-state index in [1.807, 2.05) is 11.3 Å². The van der Waals surface area contributed by atoms with E-state index >= 15 is 0 Å². The van der Waals surface area contributed by atoms with Crippen molar-refractivity contribution < 1.29 is 4.74 Å². The molecular formula is C17H30N2OS. The number of aryl methyl sites for hydroxylation is 1. The van der Waals surface area contributed by atoms with Crippen LogP contribution in [0.25, 0.3) is 0 Å². The fourth-order valence-corrected chi connectivity index (χ4v) is 3.83. The molecule has 4 heteroatoms. The molecule has 0 spiro atoms. The summed E-state index contributed by atoms with van der Waals surface area (Å²) in [6.45, 7) is 15.0. The highest BCUT2D eigenvalue weighted by Gasteiger charge is 2.22. The van der Waals surface area contributed by atoms with Gasteiger partial charge in [-0.25, -0.2) is 0 Å². The highest BCUT2D eigenvalue weighted by molar-refractivity contribution is 7.12. The Morgan fingerprint density at radius 2 is 2.29 bits per heavy atom. The Morgan fingerprint density at radius 1 is 1.48 bits per heavy atom. The van der Waals surface area contributed by atoms with Crippen LogP contribution in [-0.2, 0) is 17.8 Å². The molecule has 1 fully saturated rings. The van der Waals surface area contributed by atoms with E-state index in [-0.39, 0.29) is 0 Å². The van der Waals surface area contributed by atoms with Crippen molar-refractivity contribution in [2.75, 3.05) is 26.3 Å². The zero-order valence-electron chi connectivity index (χ0n) is 13.9. The molecule has 1 aliphatic heterocycles. The number of morpholine rings is 1. The summed E-state index contributed by atoms with van der Waals surface area (Å²) in [4.78, 5) is 5.52. The van der Waals surface area contributed by atoms with Gasteiger partial charge in [-0.1, -0.05) is 20.8 Å². The number of ether oxygens (including phenoxy) is 1. The number of thiophene rings is 1. The van der Waals surface area contributed by atoms with Crippen molar-refractivity contribution in [2.45, 2.75) is 53.2 Å². The molecule has 120 valence electrons. The minimum atomic E-state index is 0.584. The number of nitrogens with one attached hydrogen (secondary N) is 1. The van der Waals surface area contributed by atoms with Gasteiger partial charge < -0.3 is 10.1 Å². The predicted molar refractivity (Wildman–Crippen MR) is 90.9 cm³/mol. The summed E-state index contributed by atoms with van der Waals surface area (Å²) < 4.78 is 5.60. The molecule has 1 aromatic heterocycles. The van der Waals surface area contributed by atoms with Gasteiger partial charge in [-0.3, -0.25) is 4.90 Å². The van der Waals surface area contributed by atoms with Crippen LogP contribution in [-0.4, -0.2) is 37.2 Å². The Balaban J connectivity index is 1.92. The molecule has 21 heavy (non-hydrogen) atoms. The molecule has 0 aliphatic carbocycles. The molecule has 2 rings (SSSR count). The SMILES string of the molecule is CCC1COCCN1Cc1cc(CNCC(C)C)sc1C. The zero-order valence-corrected chi connectivity index (χ0v) is 14.8. The topological polar surface area (TPSA) is 24.5 Å². The maximum Gasteiger partial charge on any atom is 0.0622 e. The van der Waals surface area contributed by atoms with Crippen LogP contribution in [0.3, 0.4) is 0 Å². The van der Waals surface area contributed by atoms with Crippen LogP contribution in [0.4, 0.5) is 0 Å². The summed E-state index contributed by atoms with van der Waals surface area (Å²) in [7, 11) is 0. The summed E-state index contributed by atoms with van der Waals surface area (Å²) in [5.74, 6) is 0.712. The van der Waals surface area contributed by atoms with Crippen molar-refractivity contribution >= 4 is 11.3 Å². The number of hydrogen-bond acceptors (Lipinski definition) is 4. The van der Waals surface area contributed by atoms with E-state index < -0.39 is 0 Å². The fourth-order valence-electron chi connectivity index (χ4n) is 2.81. The molecule has 1 aliphatic rings. The molecule has 0 aromatic carbocycles. The van der Waals surface area contributed by atoms with Gasteiger partial charge in [0.25, 0.3) is 0 Å². The normalized spacial score (nSPS) is 20.3. The van der Waals surface area contributed by atoms with Gasteiger partial charge in [-0.15, -0.1) is 11.3 Å². The second kappa shape index (κ2) is 8.28. The van der Waals surface area contributed by atoms with Crippen molar-refractivity contribution in [3.05, 3.63) is 21.4 Å². The molecular weight excluding hydrogens is 280 g/mol. The van der Waals surface area contributed by atoms with Crippen molar-refractivity contribution in [3.8, 4) is 0 Å². The first-order valence-electron chi connectivity index (χ1n) is 8.20. The Hall–Kier alpha value is -0.420. The first-order chi connectivity index (χ1) is 10.1. The maximum absolute atomic E-state index is 5.60. The summed E-state index contributed by atoms with van der Waals surface area (Å²) in [5, 5.41) is 3.54. The van der Waals surface area contributed by atoms with Gasteiger partial charge in [-0.05, 0) is 37.4 Å². The lowest BCUT2D eigenvalue weighted by molar-refractivity contribution is -0.0127. The summed E-state index contributed by atoms with van der Waals surface area (Å²) in [6.07, 6.45) is 1.17. The van der Waals surface area contributed by atoms with Gasteiger partial charge in [0.05, 0.1) is 13.2 Å². The molecule has 1 unspecified atom stereocenters. The molecule has 1 aromatic rings. The molecule has 1 atom stereocenters. The van der Waals surface area contributed by atoms with Gasteiger partial charge in [0.2, 0.25) is 0 Å². The molecule has 0 bridgehead atoms. The number of rotatable bonds is 7. The van der Waals surface area contributed by atoms with Gasteiger partial charge in [0.15, 0.2) is 0 Å². The van der Waals surface area contributed by atoms with Crippen LogP contribution in [0.15, 0.2) is 6.07 Å². The van der Waals surface area contributed by atoms with Gasteiger partial charge >= 0.3 is 0 Å². The van der Waals surface area contributed by atoms with Crippen LogP contribution < -0.4 is 5.32 Å². The van der Waals surface area contributed by atoms with E-state index in [0.29, 0.717) is 12.0 Å². The Kier molecular flexibility index (Phi) is 6.68. The van der Waals surface area contributed by atoms with Gasteiger partial charge in [-0.2, -0.15) is 0 Å². The molecule has 0 saturated carbocycles. The lowest BCUT2D eigenvalue weighted by Crippen LogP contribution is -2.44. The van der Waals surface area contributed by atoms with E-state index in [4.69, 9.17) is 4.74 Å². The lowest BCUT2D eigenvalue weighted by Gasteiger charge is -2.35. The fraction of sp³-hybridized carbons (Fsp3) is 0.765. The van der Waals surface area contributed by atoms with E-state index in [2.05, 4.69) is 44.0 Å². The van der Waals surface area contributed by atoms with E-state index in [9.17, 15) is 0 Å². The van der Waals surface area contributed by atoms with Crippen molar-refractivity contribution in [1.29, 1.82) is 0 Å². The van der Waals surface area contributed by atoms with Crippen molar-refractivity contribution in [1.82, 2.24) is 10.2 Å². The quantitative estimate of drug-likeness (QED) is 0.835. The third-order valence-corrected chi connectivity index (χ3v) is 5.21. The largest absolute Gasteiger partial charge is 0.378 e. The summed E-state index contributed by atoms with van der Waals surface area (Å²) in [5.41, 5.74) is 1.50. The van der Waals surface area contributed by atoms with Gasteiger partial charge in [0.1, 0.15) is 0 Å². The Labute approximate surface area is 133 Å². The smallest absolute Gasteiger partial charge is 0.0622 e. The average Bonchev–Trinajstić information content (AvgIpc) is 2.79. The molecule has 1 saturated heterocycles. The minimum absolute atomic E-state index is 0.584. The molecule has 2 heterocycles. The zero-order chi connectivity index (χ0) is 15.2. The minimum Gasteiger partial charge on any atom is -0.378 e. The molecule has 0 radical (unpaired) electrons. The van der Waals surface area contributed by atoms with Crippen LogP contribution >= 0.6 is 11.3 Å². The Bertz CT molecular complexity index is 430.